The van der Waals surface area contributed by atoms with Crippen molar-refractivity contribution in [3.8, 4) is 0 Å². The molecule has 0 aromatic carbocycles. The summed E-state index contributed by atoms with van der Waals surface area (Å²) in [6, 6.07) is 0. The Morgan fingerprint density at radius 1 is 0.605 bits per heavy atom. The van der Waals surface area contributed by atoms with E-state index in [2.05, 4.69) is 9.47 Å². The van der Waals surface area contributed by atoms with Gasteiger partial charge < -0.3 is 9.47 Å². The van der Waals surface area contributed by atoms with Crippen LogP contribution in [-0.2, 0) is 24.4 Å². The van der Waals surface area contributed by atoms with E-state index in [9.17, 15) is 87.8 Å². The van der Waals surface area contributed by atoms with Gasteiger partial charge in [-0.05, 0) is 0 Å². The molecule has 4 aliphatic rings. The molecule has 4 aliphatic carbocycles. The highest BCUT2D eigenvalue weighted by Gasteiger charge is 3.23. The molecule has 222 valence electrons. The van der Waals surface area contributed by atoms with E-state index < -0.39 is 92.7 Å². The normalized spacial score (nSPS) is 41.1. The number of carbonyl (C=O) groups excluding carboxylic acids is 1. The summed E-state index contributed by atoms with van der Waals surface area (Å²) < 4.78 is 279. The average molecular weight is 624 g/mol. The minimum atomic E-state index is -8.07. The number of rotatable bonds is 6. The summed E-state index contributed by atoms with van der Waals surface area (Å²) in [5, 5.41) is -5.97. The first-order valence-electron chi connectivity index (χ1n) is 8.87. The third kappa shape index (κ3) is 2.25. The van der Waals surface area contributed by atoms with Gasteiger partial charge in [-0.3, -0.25) is 4.55 Å². The number of halogens is 17. The number of carbonyl (C=O) groups is 1. The van der Waals surface area contributed by atoms with E-state index >= 15 is 0 Å². The van der Waals surface area contributed by atoms with Gasteiger partial charge in [-0.15, -0.1) is 0 Å². The van der Waals surface area contributed by atoms with Gasteiger partial charge in [-0.2, -0.15) is 69.9 Å². The predicted molar refractivity (Wildman–Crippen MR) is 77.3 cm³/mol. The maximum absolute atomic E-state index is 14.8. The SMILES string of the molecule is O=C(OCCOC12C(F)(F)C3(F)C(F)(F)C(F)(C(F)(F)C(F)(C3(F)F)C1(F)F)C2(F)F)C(F)(F)S(=O)(=O)O. The van der Waals surface area contributed by atoms with E-state index in [-0.39, 0.29) is 0 Å². The van der Waals surface area contributed by atoms with Crippen LogP contribution in [0.25, 0.3) is 0 Å². The van der Waals surface area contributed by atoms with Crippen molar-refractivity contribution in [2.45, 2.75) is 63.4 Å². The number of hydrogen-bond donors (Lipinski definition) is 1. The van der Waals surface area contributed by atoms with Gasteiger partial charge in [0.2, 0.25) is 0 Å². The van der Waals surface area contributed by atoms with Crippen molar-refractivity contribution in [2.24, 2.45) is 0 Å². The second-order valence-corrected chi connectivity index (χ2v) is 9.54. The predicted octanol–water partition coefficient (Wildman–Crippen LogP) is 3.74. The molecule has 0 spiro atoms. The summed E-state index contributed by atoms with van der Waals surface area (Å²) in [6.45, 7) is -5.38. The third-order valence-corrected chi connectivity index (χ3v) is 7.23. The van der Waals surface area contributed by atoms with Gasteiger partial charge >= 0.3 is 73.9 Å². The Morgan fingerprint density at radius 2 is 0.895 bits per heavy atom. The van der Waals surface area contributed by atoms with Crippen molar-refractivity contribution >= 4 is 16.1 Å². The molecule has 0 aliphatic heterocycles. The van der Waals surface area contributed by atoms with Crippen LogP contribution in [0.5, 0.6) is 0 Å². The zero-order valence-electron chi connectivity index (χ0n) is 16.7. The Labute approximate surface area is 195 Å². The van der Waals surface area contributed by atoms with Gasteiger partial charge in [0.05, 0.1) is 6.61 Å². The maximum Gasteiger partial charge on any atom is 0.465 e. The largest absolute Gasteiger partial charge is 0.465 e. The Kier molecular flexibility index (Phi) is 5.56. The second kappa shape index (κ2) is 6.89. The quantitative estimate of drug-likeness (QED) is 0.210. The van der Waals surface area contributed by atoms with Crippen LogP contribution < -0.4 is 0 Å². The van der Waals surface area contributed by atoms with Crippen LogP contribution >= 0.6 is 0 Å². The summed E-state index contributed by atoms with van der Waals surface area (Å²) >= 11 is 0. The van der Waals surface area contributed by atoms with Gasteiger partial charge in [0, 0.05) is 0 Å². The van der Waals surface area contributed by atoms with Crippen LogP contribution in [0.3, 0.4) is 0 Å². The van der Waals surface area contributed by atoms with E-state index in [0.717, 1.165) is 0 Å². The average Bonchev–Trinajstić information content (AvgIpc) is 2.72. The lowest BCUT2D eigenvalue weighted by Gasteiger charge is -2.74. The lowest BCUT2D eigenvalue weighted by molar-refractivity contribution is -0.619. The first kappa shape index (κ1) is 30.7. The van der Waals surface area contributed by atoms with E-state index in [1.807, 2.05) is 0 Å². The summed E-state index contributed by atoms with van der Waals surface area (Å²) in [6.07, 6.45) is 0. The summed E-state index contributed by atoms with van der Waals surface area (Å²) in [5.74, 6) is -51.4. The molecule has 4 rings (SSSR count). The Balaban J connectivity index is 2.23. The van der Waals surface area contributed by atoms with Crippen LogP contribution in [0.15, 0.2) is 0 Å². The van der Waals surface area contributed by atoms with Gasteiger partial charge in [0.1, 0.15) is 6.61 Å². The fourth-order valence-electron chi connectivity index (χ4n) is 4.60. The van der Waals surface area contributed by atoms with Gasteiger partial charge in [0.15, 0.2) is 0 Å². The Hall–Kier alpha value is -1.85. The molecule has 0 atom stereocenters. The number of esters is 1. The van der Waals surface area contributed by atoms with E-state index in [1.165, 1.54) is 0 Å². The molecule has 4 fully saturated rings. The van der Waals surface area contributed by atoms with E-state index in [0.29, 0.717) is 0 Å². The molecule has 0 radical (unpaired) electrons. The highest BCUT2D eigenvalue weighted by molar-refractivity contribution is 7.87. The first-order valence-corrected chi connectivity index (χ1v) is 10.3. The lowest BCUT2D eigenvalue weighted by atomic mass is 9.40. The fraction of sp³-hybridized carbons (Fsp3) is 0.929. The van der Waals surface area contributed by atoms with E-state index in [1.54, 1.807) is 0 Å². The molecule has 4 bridgehead atoms. The molecule has 0 saturated heterocycles. The molecule has 0 unspecified atom stereocenters. The molecule has 24 heteroatoms. The highest BCUT2D eigenvalue weighted by Crippen LogP contribution is 2.88. The molecular formula is C14H5F17O6S. The van der Waals surface area contributed by atoms with Crippen LogP contribution in [0.1, 0.15) is 0 Å². The van der Waals surface area contributed by atoms with Crippen molar-refractivity contribution in [1.29, 1.82) is 0 Å². The molecule has 6 nitrogen and oxygen atoms in total. The van der Waals surface area contributed by atoms with E-state index in [4.69, 9.17) is 4.55 Å². The number of alkyl halides is 17. The summed E-state index contributed by atoms with van der Waals surface area (Å²) in [7, 11) is -6.70. The van der Waals surface area contributed by atoms with Crippen molar-refractivity contribution in [3.05, 3.63) is 0 Å². The molecule has 38 heavy (non-hydrogen) atoms. The van der Waals surface area contributed by atoms with Crippen molar-refractivity contribution in [2.75, 3.05) is 13.2 Å². The molecule has 4 saturated carbocycles. The minimum Gasteiger partial charge on any atom is -0.458 e. The molecule has 0 heterocycles. The van der Waals surface area contributed by atoms with Crippen LogP contribution in [-0.4, -0.2) is 95.6 Å². The van der Waals surface area contributed by atoms with Crippen molar-refractivity contribution in [3.63, 3.8) is 0 Å². The molecule has 0 amide bonds. The van der Waals surface area contributed by atoms with Crippen LogP contribution in [0.4, 0.5) is 74.6 Å². The second-order valence-electron chi connectivity index (χ2n) is 8.08. The van der Waals surface area contributed by atoms with Gasteiger partial charge in [-0.25, -0.2) is 18.0 Å². The van der Waals surface area contributed by atoms with Crippen molar-refractivity contribution in [1.82, 2.24) is 0 Å². The zero-order valence-corrected chi connectivity index (χ0v) is 17.6. The maximum atomic E-state index is 14.8. The zero-order chi connectivity index (χ0) is 30.4. The number of hydrogen-bond acceptors (Lipinski definition) is 5. The highest BCUT2D eigenvalue weighted by atomic mass is 32.2. The molecule has 0 aromatic rings. The fourth-order valence-corrected chi connectivity index (χ4v) is 4.87. The van der Waals surface area contributed by atoms with Crippen molar-refractivity contribution < 1.29 is 102 Å². The third-order valence-electron chi connectivity index (χ3n) is 6.42. The molecule has 0 aromatic heterocycles. The van der Waals surface area contributed by atoms with Gasteiger partial charge in [0.25, 0.3) is 5.60 Å². The van der Waals surface area contributed by atoms with Crippen LogP contribution in [0, 0.1) is 0 Å². The first-order chi connectivity index (χ1) is 16.4. The smallest absolute Gasteiger partial charge is 0.458 e. The lowest BCUT2D eigenvalue weighted by Crippen LogP contribution is -3.10. The standard InChI is InChI=1S/C14H5F17O6S/c15-4(16,38(33,34)35)3(32)36-1-2-37-8-12(26,27)5(17)9(20,21)6(18,13(8,28)29)11(24,25)7(19,10(5,22)23)14(8,30)31/h1-2H2,(H,33,34,35). The van der Waals surface area contributed by atoms with Gasteiger partial charge in [-0.1, -0.05) is 0 Å². The molecular weight excluding hydrogens is 619 g/mol. The summed E-state index contributed by atoms with van der Waals surface area (Å²) in [5.41, 5.74) is -31.2. The topological polar surface area (TPSA) is 89.9 Å². The monoisotopic (exact) mass is 624 g/mol. The van der Waals surface area contributed by atoms with Crippen LogP contribution in [0.2, 0.25) is 0 Å². The summed E-state index contributed by atoms with van der Waals surface area (Å²) in [4.78, 5) is 10.9. The minimum absolute atomic E-state index is 2.50. The Bertz CT molecular complexity index is 1070. The Morgan fingerprint density at radius 3 is 1.16 bits per heavy atom. The number of ether oxygens (including phenoxy) is 2. The molecule has 1 N–H and O–H groups in total.